The van der Waals surface area contributed by atoms with Gasteiger partial charge in [0.05, 0.1) is 7.11 Å². The zero-order valence-electron chi connectivity index (χ0n) is 12.3. The lowest BCUT2D eigenvalue weighted by atomic mass is 9.99. The van der Waals surface area contributed by atoms with Gasteiger partial charge >= 0.3 is 0 Å². The normalized spacial score (nSPS) is 12.3. The molecule has 1 atom stereocenters. The van der Waals surface area contributed by atoms with E-state index in [0.717, 1.165) is 31.6 Å². The molecule has 0 aliphatic heterocycles. The fourth-order valence-corrected chi connectivity index (χ4v) is 3.01. The molecule has 2 rings (SSSR count). The second-order valence-corrected chi connectivity index (χ2v) is 5.73. The third-order valence-electron chi connectivity index (χ3n) is 3.44. The lowest BCUT2D eigenvalue weighted by molar-refractivity contribution is 0.412. The third kappa shape index (κ3) is 4.36. The van der Waals surface area contributed by atoms with E-state index in [4.69, 9.17) is 4.74 Å². The molecule has 1 aromatic carbocycles. The zero-order chi connectivity index (χ0) is 14.2. The van der Waals surface area contributed by atoms with E-state index in [2.05, 4.69) is 47.3 Å². The number of nitrogens with one attached hydrogen (secondary N) is 1. The Hall–Kier alpha value is -1.32. The maximum atomic E-state index is 5.33. The summed E-state index contributed by atoms with van der Waals surface area (Å²) in [5.74, 6) is 0.932. The van der Waals surface area contributed by atoms with Crippen LogP contribution in [0.1, 0.15) is 36.9 Å². The molecule has 0 saturated heterocycles. The van der Waals surface area contributed by atoms with E-state index in [1.807, 2.05) is 6.07 Å². The summed E-state index contributed by atoms with van der Waals surface area (Å²) in [5.41, 5.74) is 2.74. The summed E-state index contributed by atoms with van der Waals surface area (Å²) in [6.45, 7) is 3.25. The minimum absolute atomic E-state index is 0.393. The average molecular weight is 289 g/mol. The van der Waals surface area contributed by atoms with Gasteiger partial charge in [0.15, 0.2) is 0 Å². The molecule has 1 unspecified atom stereocenters. The van der Waals surface area contributed by atoms with Gasteiger partial charge in [0.2, 0.25) is 0 Å². The molecule has 2 nitrogen and oxygen atoms in total. The number of benzene rings is 1. The average Bonchev–Trinajstić information content (AvgIpc) is 3.01. The first-order valence-electron chi connectivity index (χ1n) is 7.22. The van der Waals surface area contributed by atoms with Crippen LogP contribution >= 0.6 is 11.3 Å². The summed E-state index contributed by atoms with van der Waals surface area (Å²) < 4.78 is 5.33. The lowest BCUT2D eigenvalue weighted by Crippen LogP contribution is -2.22. The molecule has 2 aromatic rings. The number of thiophene rings is 1. The fourth-order valence-electron chi connectivity index (χ4n) is 2.31. The minimum atomic E-state index is 0.393. The molecule has 0 fully saturated rings. The number of methoxy groups -OCH3 is 1. The van der Waals surface area contributed by atoms with Crippen molar-refractivity contribution in [2.24, 2.45) is 0 Å². The van der Waals surface area contributed by atoms with E-state index in [9.17, 15) is 0 Å². The standard InChI is InChI=1S/C17H23NOS/c1-3-10-18-17(8-7-14-9-11-20-13-14)15-5-4-6-16(12-15)19-2/h4-6,9,11-13,17-18H,3,7-8,10H2,1-2H3. The molecule has 0 amide bonds. The maximum absolute atomic E-state index is 5.33. The van der Waals surface area contributed by atoms with Crippen molar-refractivity contribution in [2.45, 2.75) is 32.2 Å². The molecule has 0 bridgehead atoms. The maximum Gasteiger partial charge on any atom is 0.119 e. The van der Waals surface area contributed by atoms with Gasteiger partial charge in [-0.3, -0.25) is 0 Å². The van der Waals surface area contributed by atoms with Gasteiger partial charge in [-0.05, 0) is 65.9 Å². The summed E-state index contributed by atoms with van der Waals surface area (Å²) in [4.78, 5) is 0. The smallest absolute Gasteiger partial charge is 0.119 e. The first kappa shape index (κ1) is 15.1. The molecule has 1 heterocycles. The summed E-state index contributed by atoms with van der Waals surface area (Å²) in [6.07, 6.45) is 3.38. The van der Waals surface area contributed by atoms with Crippen molar-refractivity contribution >= 4 is 11.3 Å². The lowest BCUT2D eigenvalue weighted by Gasteiger charge is -2.19. The summed E-state index contributed by atoms with van der Waals surface area (Å²) in [6, 6.07) is 11.0. The fraction of sp³-hybridized carbons (Fsp3) is 0.412. The zero-order valence-corrected chi connectivity index (χ0v) is 13.1. The van der Waals surface area contributed by atoms with Gasteiger partial charge in [0.1, 0.15) is 5.75 Å². The van der Waals surface area contributed by atoms with Crippen molar-refractivity contribution in [2.75, 3.05) is 13.7 Å². The van der Waals surface area contributed by atoms with Crippen molar-refractivity contribution in [1.29, 1.82) is 0 Å². The number of ether oxygens (including phenoxy) is 1. The topological polar surface area (TPSA) is 21.3 Å². The van der Waals surface area contributed by atoms with Crippen LogP contribution in [0.2, 0.25) is 0 Å². The number of rotatable bonds is 8. The molecule has 0 saturated carbocycles. The van der Waals surface area contributed by atoms with Gasteiger partial charge in [-0.1, -0.05) is 19.1 Å². The first-order chi connectivity index (χ1) is 9.83. The molecule has 0 spiro atoms. The Labute approximate surface area is 125 Å². The van der Waals surface area contributed by atoms with Gasteiger partial charge in [-0.2, -0.15) is 11.3 Å². The highest BCUT2D eigenvalue weighted by molar-refractivity contribution is 7.07. The molecule has 108 valence electrons. The third-order valence-corrected chi connectivity index (χ3v) is 4.17. The van der Waals surface area contributed by atoms with Crippen LogP contribution in [0.15, 0.2) is 41.1 Å². The number of hydrogen-bond acceptors (Lipinski definition) is 3. The number of aryl methyl sites for hydroxylation is 1. The highest BCUT2D eigenvalue weighted by atomic mass is 32.1. The van der Waals surface area contributed by atoms with Crippen LogP contribution in [-0.2, 0) is 6.42 Å². The first-order valence-corrected chi connectivity index (χ1v) is 8.16. The van der Waals surface area contributed by atoms with Crippen LogP contribution in [0.25, 0.3) is 0 Å². The summed E-state index contributed by atoms with van der Waals surface area (Å²) in [5, 5.41) is 8.03. The van der Waals surface area contributed by atoms with E-state index < -0.39 is 0 Å². The second-order valence-electron chi connectivity index (χ2n) is 4.95. The van der Waals surface area contributed by atoms with E-state index in [1.54, 1.807) is 18.4 Å². The van der Waals surface area contributed by atoms with Gasteiger partial charge in [-0.25, -0.2) is 0 Å². The molecule has 0 radical (unpaired) electrons. The monoisotopic (exact) mass is 289 g/mol. The number of hydrogen-bond donors (Lipinski definition) is 1. The Kier molecular flexibility index (Phi) is 6.09. The predicted molar refractivity (Wildman–Crippen MR) is 86.7 cm³/mol. The van der Waals surface area contributed by atoms with Crippen molar-refractivity contribution < 1.29 is 4.74 Å². The second kappa shape index (κ2) is 8.08. The van der Waals surface area contributed by atoms with Gasteiger partial charge in [-0.15, -0.1) is 0 Å². The molecule has 0 aliphatic rings. The Morgan fingerprint density at radius 1 is 1.30 bits per heavy atom. The molecular weight excluding hydrogens is 266 g/mol. The Balaban J connectivity index is 2.05. The van der Waals surface area contributed by atoms with Crippen LogP contribution in [0, 0.1) is 0 Å². The molecule has 3 heteroatoms. The van der Waals surface area contributed by atoms with E-state index in [-0.39, 0.29) is 0 Å². The van der Waals surface area contributed by atoms with Crippen molar-refractivity contribution in [3.05, 3.63) is 52.2 Å². The molecule has 0 aliphatic carbocycles. The van der Waals surface area contributed by atoms with Crippen LogP contribution in [0.5, 0.6) is 5.75 Å². The molecule has 1 N–H and O–H groups in total. The molecule has 1 aromatic heterocycles. The highest BCUT2D eigenvalue weighted by Gasteiger charge is 2.11. The van der Waals surface area contributed by atoms with E-state index >= 15 is 0 Å². The van der Waals surface area contributed by atoms with Crippen LogP contribution < -0.4 is 10.1 Å². The van der Waals surface area contributed by atoms with Crippen LogP contribution in [0.4, 0.5) is 0 Å². The van der Waals surface area contributed by atoms with E-state index in [0.29, 0.717) is 6.04 Å². The Bertz CT molecular complexity index is 495. The van der Waals surface area contributed by atoms with Gasteiger partial charge in [0.25, 0.3) is 0 Å². The SMILES string of the molecule is CCCNC(CCc1ccsc1)c1cccc(OC)c1. The molecule has 20 heavy (non-hydrogen) atoms. The van der Waals surface area contributed by atoms with Crippen molar-refractivity contribution in [1.82, 2.24) is 5.32 Å². The Morgan fingerprint density at radius 3 is 2.90 bits per heavy atom. The summed E-state index contributed by atoms with van der Waals surface area (Å²) in [7, 11) is 1.72. The van der Waals surface area contributed by atoms with Crippen molar-refractivity contribution in [3.8, 4) is 5.75 Å². The van der Waals surface area contributed by atoms with Gasteiger partial charge in [0, 0.05) is 6.04 Å². The van der Waals surface area contributed by atoms with Gasteiger partial charge < -0.3 is 10.1 Å². The quantitative estimate of drug-likeness (QED) is 0.776. The van der Waals surface area contributed by atoms with Crippen LogP contribution in [0.3, 0.4) is 0 Å². The van der Waals surface area contributed by atoms with Crippen LogP contribution in [-0.4, -0.2) is 13.7 Å². The predicted octanol–water partition coefficient (Wildman–Crippen LogP) is 4.43. The highest BCUT2D eigenvalue weighted by Crippen LogP contribution is 2.23. The van der Waals surface area contributed by atoms with E-state index in [1.165, 1.54) is 11.1 Å². The Morgan fingerprint density at radius 2 is 2.20 bits per heavy atom. The minimum Gasteiger partial charge on any atom is -0.497 e. The molecular formula is C17H23NOS. The largest absolute Gasteiger partial charge is 0.497 e. The van der Waals surface area contributed by atoms with Crippen molar-refractivity contribution in [3.63, 3.8) is 0 Å². The summed E-state index contributed by atoms with van der Waals surface area (Å²) >= 11 is 1.77.